The first kappa shape index (κ1) is 26.7. The molecule has 1 aromatic carbocycles. The Labute approximate surface area is 228 Å². The van der Waals surface area contributed by atoms with Crippen LogP contribution < -0.4 is 5.69 Å². The molecule has 0 radical (unpaired) electrons. The summed E-state index contributed by atoms with van der Waals surface area (Å²) in [5.41, 5.74) is 4.42. The smallest absolute Gasteiger partial charge is 0.297 e. The normalized spacial score (nSPS) is 18.2. The summed E-state index contributed by atoms with van der Waals surface area (Å²) >= 11 is 0. The number of benzene rings is 1. The molecule has 1 fully saturated rings. The molecular weight excluding hydrogens is 490 g/mol. The number of ketones is 1. The molecule has 9 nitrogen and oxygen atoms in total. The number of unbranched alkanes of at least 4 members (excludes halogenated alkanes) is 1. The highest BCUT2D eigenvalue weighted by atomic mass is 16.2. The van der Waals surface area contributed by atoms with Crippen molar-refractivity contribution in [2.45, 2.75) is 84.2 Å². The molecule has 0 spiro atoms. The number of hydrogen-bond donors (Lipinski definition) is 1. The lowest BCUT2D eigenvalue weighted by molar-refractivity contribution is -0.124. The zero-order chi connectivity index (χ0) is 27.2. The zero-order valence-corrected chi connectivity index (χ0v) is 22.8. The van der Waals surface area contributed by atoms with E-state index in [1.54, 1.807) is 4.57 Å². The number of carbonyl (C=O) groups is 1. The fourth-order valence-electron chi connectivity index (χ4n) is 5.78. The molecule has 9 heteroatoms. The minimum atomic E-state index is -0.374. The van der Waals surface area contributed by atoms with Gasteiger partial charge >= 0.3 is 5.69 Å². The highest BCUT2D eigenvalue weighted by molar-refractivity contribution is 5.83. The number of imidazole rings is 1. The van der Waals surface area contributed by atoms with E-state index in [1.165, 1.54) is 0 Å². The Morgan fingerprint density at radius 2 is 1.87 bits per heavy atom. The second-order valence-electron chi connectivity index (χ2n) is 10.5. The van der Waals surface area contributed by atoms with Gasteiger partial charge in [0.25, 0.3) is 0 Å². The van der Waals surface area contributed by atoms with Crippen LogP contribution in [0, 0.1) is 5.92 Å². The molecule has 0 bridgehead atoms. The molecule has 5 rings (SSSR count). The van der Waals surface area contributed by atoms with Crippen LogP contribution in [0.3, 0.4) is 0 Å². The van der Waals surface area contributed by atoms with Crippen molar-refractivity contribution in [3.05, 3.63) is 70.7 Å². The van der Waals surface area contributed by atoms with E-state index in [9.17, 15) is 9.59 Å². The predicted octanol–water partition coefficient (Wildman–Crippen LogP) is 5.38. The van der Waals surface area contributed by atoms with Crippen LogP contribution in [0.2, 0.25) is 0 Å². The third-order valence-corrected chi connectivity index (χ3v) is 7.94. The quantitative estimate of drug-likeness (QED) is 0.313. The summed E-state index contributed by atoms with van der Waals surface area (Å²) in [5.74, 6) is 0.921. The third-order valence-electron chi connectivity index (χ3n) is 7.94. The van der Waals surface area contributed by atoms with Gasteiger partial charge in [-0.2, -0.15) is 5.21 Å². The average Bonchev–Trinajstić information content (AvgIpc) is 3.59. The van der Waals surface area contributed by atoms with Crippen molar-refractivity contribution in [3.8, 4) is 22.5 Å². The van der Waals surface area contributed by atoms with Crippen LogP contribution in [0.15, 0.2) is 53.6 Å². The molecule has 2 unspecified atom stereocenters. The second-order valence-corrected chi connectivity index (χ2v) is 10.5. The van der Waals surface area contributed by atoms with Crippen molar-refractivity contribution >= 4 is 5.78 Å². The van der Waals surface area contributed by atoms with E-state index in [0.717, 1.165) is 79.4 Å². The maximum absolute atomic E-state index is 13.8. The van der Waals surface area contributed by atoms with Crippen LogP contribution in [0.25, 0.3) is 22.5 Å². The van der Waals surface area contributed by atoms with Crippen molar-refractivity contribution in [2.75, 3.05) is 0 Å². The first-order chi connectivity index (χ1) is 19.1. The standard InChI is InChI=1S/C30H37N7O2/c1-3-5-12-24-20-37(28-21(4-2)11-7-6-8-15-27(28)38)30(39)36(24)19-23-17-16-22(18-31-23)25-13-9-10-14-26(25)29-32-34-35-33-29/h9-10,13-14,16-18,20-21,28H,3-8,11-12,15,19H2,1-2H3,(H,32,33,34,35). The number of pyridine rings is 1. The van der Waals surface area contributed by atoms with Crippen LogP contribution in [0.5, 0.6) is 0 Å². The van der Waals surface area contributed by atoms with E-state index in [-0.39, 0.29) is 23.4 Å². The molecule has 3 heterocycles. The van der Waals surface area contributed by atoms with Crippen LogP contribution in [0.1, 0.15) is 82.6 Å². The molecule has 0 amide bonds. The summed E-state index contributed by atoms with van der Waals surface area (Å²) in [7, 11) is 0. The van der Waals surface area contributed by atoms with Crippen molar-refractivity contribution in [1.82, 2.24) is 34.7 Å². The molecule has 3 aromatic heterocycles. The number of nitrogens with one attached hydrogen (secondary N) is 1. The van der Waals surface area contributed by atoms with Gasteiger partial charge in [0, 0.05) is 35.6 Å². The van der Waals surface area contributed by atoms with Gasteiger partial charge in [-0.05, 0) is 48.4 Å². The molecule has 204 valence electrons. The van der Waals surface area contributed by atoms with Gasteiger partial charge in [-0.15, -0.1) is 10.2 Å². The van der Waals surface area contributed by atoms with Gasteiger partial charge in [-0.1, -0.05) is 69.9 Å². The van der Waals surface area contributed by atoms with Gasteiger partial charge < -0.3 is 0 Å². The number of tetrazole rings is 1. The van der Waals surface area contributed by atoms with Crippen LogP contribution in [-0.4, -0.2) is 40.5 Å². The first-order valence-electron chi connectivity index (χ1n) is 14.2. The summed E-state index contributed by atoms with van der Waals surface area (Å²) in [5, 5.41) is 14.4. The lowest BCUT2D eigenvalue weighted by Crippen LogP contribution is -2.36. The fraction of sp³-hybridized carbons (Fsp3) is 0.467. The maximum Gasteiger partial charge on any atom is 0.329 e. The highest BCUT2D eigenvalue weighted by Gasteiger charge is 2.32. The molecule has 1 saturated carbocycles. The Morgan fingerprint density at radius 3 is 2.59 bits per heavy atom. The lowest BCUT2D eigenvalue weighted by Gasteiger charge is -2.28. The Bertz CT molecular complexity index is 1440. The number of carbonyl (C=O) groups excluding carboxylic acids is 1. The number of rotatable bonds is 9. The number of aromatic nitrogens is 7. The molecule has 0 saturated heterocycles. The summed E-state index contributed by atoms with van der Waals surface area (Å²) in [6.45, 7) is 4.65. The minimum absolute atomic E-state index is 0.105. The summed E-state index contributed by atoms with van der Waals surface area (Å²) in [4.78, 5) is 31.9. The number of Topliss-reactive ketones (excluding diaryl/α,β-unsaturated/α-hetero) is 1. The lowest BCUT2D eigenvalue weighted by atomic mass is 9.84. The first-order valence-corrected chi connectivity index (χ1v) is 14.2. The molecule has 1 aliphatic carbocycles. The number of aryl methyl sites for hydroxylation is 1. The van der Waals surface area contributed by atoms with E-state index in [2.05, 4.69) is 34.5 Å². The van der Waals surface area contributed by atoms with Gasteiger partial charge in [0.15, 0.2) is 5.78 Å². The monoisotopic (exact) mass is 527 g/mol. The molecule has 1 N–H and O–H groups in total. The van der Waals surface area contributed by atoms with Gasteiger partial charge in [-0.25, -0.2) is 4.79 Å². The van der Waals surface area contributed by atoms with Crippen LogP contribution in [-0.2, 0) is 17.8 Å². The molecule has 4 aromatic rings. The number of aromatic amines is 1. The Morgan fingerprint density at radius 1 is 1.03 bits per heavy atom. The Kier molecular flexibility index (Phi) is 8.44. The topological polar surface area (TPSA) is 111 Å². The third kappa shape index (κ3) is 5.77. The minimum Gasteiger partial charge on any atom is -0.297 e. The average molecular weight is 528 g/mol. The Balaban J connectivity index is 1.46. The van der Waals surface area contributed by atoms with Gasteiger partial charge in [0.1, 0.15) is 0 Å². The van der Waals surface area contributed by atoms with E-state index < -0.39 is 0 Å². The van der Waals surface area contributed by atoms with E-state index in [1.807, 2.05) is 53.4 Å². The van der Waals surface area contributed by atoms with E-state index >= 15 is 0 Å². The summed E-state index contributed by atoms with van der Waals surface area (Å²) in [6, 6.07) is 11.5. The molecule has 2 atom stereocenters. The molecule has 0 aliphatic heterocycles. The van der Waals surface area contributed by atoms with Gasteiger partial charge in [0.05, 0.1) is 18.3 Å². The van der Waals surface area contributed by atoms with E-state index in [0.29, 0.717) is 18.8 Å². The molecule has 1 aliphatic rings. The SMILES string of the molecule is CCCCc1cn(C2C(=O)CCCCCC2CC)c(=O)n1Cc1ccc(-c2ccccc2-c2nn[nH]n2)cn1. The maximum atomic E-state index is 13.8. The summed E-state index contributed by atoms with van der Waals surface area (Å²) < 4.78 is 3.58. The summed E-state index contributed by atoms with van der Waals surface area (Å²) in [6.07, 6.45) is 12.2. The fourth-order valence-corrected chi connectivity index (χ4v) is 5.78. The second kappa shape index (κ2) is 12.3. The zero-order valence-electron chi connectivity index (χ0n) is 22.8. The molecule has 39 heavy (non-hydrogen) atoms. The Hall–Kier alpha value is -3.88. The largest absolute Gasteiger partial charge is 0.329 e. The van der Waals surface area contributed by atoms with Crippen molar-refractivity contribution < 1.29 is 4.79 Å². The van der Waals surface area contributed by atoms with Crippen LogP contribution >= 0.6 is 0 Å². The van der Waals surface area contributed by atoms with Crippen molar-refractivity contribution in [1.29, 1.82) is 0 Å². The predicted molar refractivity (Wildman–Crippen MR) is 150 cm³/mol. The van der Waals surface area contributed by atoms with E-state index in [4.69, 9.17) is 4.98 Å². The van der Waals surface area contributed by atoms with Crippen molar-refractivity contribution in [2.24, 2.45) is 5.92 Å². The van der Waals surface area contributed by atoms with Crippen molar-refractivity contribution in [3.63, 3.8) is 0 Å². The van der Waals surface area contributed by atoms with Gasteiger partial charge in [0.2, 0.25) is 5.82 Å². The molecular formula is C30H37N7O2. The van der Waals surface area contributed by atoms with Gasteiger partial charge in [-0.3, -0.25) is 18.9 Å². The number of hydrogen-bond acceptors (Lipinski definition) is 6. The highest BCUT2D eigenvalue weighted by Crippen LogP contribution is 2.32. The van der Waals surface area contributed by atoms with Crippen LogP contribution in [0.4, 0.5) is 0 Å². The number of H-pyrrole nitrogens is 1. The number of nitrogens with zero attached hydrogens (tertiary/aromatic N) is 6.